The molecule has 1 rings (SSSR count). The number of likely N-dealkylation sites (tertiary alicyclic amines) is 1. The molecule has 1 unspecified atom stereocenters. The summed E-state index contributed by atoms with van der Waals surface area (Å²) in [5, 5.41) is 0. The second-order valence-corrected chi connectivity index (χ2v) is 3.52. The molecule has 0 aromatic rings. The van der Waals surface area contributed by atoms with E-state index in [-0.39, 0.29) is 0 Å². The molecule has 1 heteroatoms. The summed E-state index contributed by atoms with van der Waals surface area (Å²) >= 11 is 0. The van der Waals surface area contributed by atoms with E-state index in [1.54, 1.807) is 0 Å². The van der Waals surface area contributed by atoms with Crippen molar-refractivity contribution >= 4 is 0 Å². The van der Waals surface area contributed by atoms with Gasteiger partial charge in [-0.2, -0.15) is 0 Å². The predicted octanol–water partition coefficient (Wildman–Crippen LogP) is 2.13. The van der Waals surface area contributed by atoms with Gasteiger partial charge in [0.05, 0.1) is 0 Å². The minimum atomic E-state index is 0.901. The molecular weight excluding hydrogens is 122 g/mol. The number of hydrogen-bond donors (Lipinski definition) is 0. The van der Waals surface area contributed by atoms with Crippen molar-refractivity contribution < 1.29 is 0 Å². The summed E-state index contributed by atoms with van der Waals surface area (Å²) in [7, 11) is 0. The Labute approximate surface area is 64.4 Å². The van der Waals surface area contributed by atoms with E-state index in [2.05, 4.69) is 18.7 Å². The van der Waals surface area contributed by atoms with Crippen molar-refractivity contribution in [3.63, 3.8) is 0 Å². The zero-order valence-electron chi connectivity index (χ0n) is 7.27. The summed E-state index contributed by atoms with van der Waals surface area (Å²) in [6.45, 7) is 8.66. The number of nitrogens with zero attached hydrogens (tertiary/aromatic N) is 1. The van der Waals surface area contributed by atoms with Crippen LogP contribution >= 0.6 is 0 Å². The van der Waals surface area contributed by atoms with Gasteiger partial charge < -0.3 is 4.90 Å². The van der Waals surface area contributed by atoms with E-state index in [1.165, 1.54) is 38.9 Å². The van der Waals surface area contributed by atoms with Crippen molar-refractivity contribution in [2.24, 2.45) is 5.92 Å². The lowest BCUT2D eigenvalue weighted by Crippen LogP contribution is -2.24. The summed E-state index contributed by atoms with van der Waals surface area (Å²) in [5.74, 6) is 0.901. The van der Waals surface area contributed by atoms with Gasteiger partial charge in [-0.3, -0.25) is 0 Å². The van der Waals surface area contributed by atoms with Crippen molar-refractivity contribution in [1.82, 2.24) is 4.90 Å². The summed E-state index contributed by atoms with van der Waals surface area (Å²) in [4.78, 5) is 2.59. The average molecular weight is 141 g/mol. The van der Waals surface area contributed by atoms with Crippen LogP contribution in [0.3, 0.4) is 0 Å². The predicted molar refractivity (Wildman–Crippen MR) is 45.1 cm³/mol. The minimum Gasteiger partial charge on any atom is -0.303 e. The zero-order chi connectivity index (χ0) is 7.40. The van der Waals surface area contributed by atoms with E-state index >= 15 is 0 Å². The highest BCUT2D eigenvalue weighted by atomic mass is 15.1. The fourth-order valence-corrected chi connectivity index (χ4v) is 1.54. The molecule has 10 heavy (non-hydrogen) atoms. The monoisotopic (exact) mass is 141 g/mol. The molecule has 1 heterocycles. The lowest BCUT2D eigenvalue weighted by Gasteiger charge is -2.18. The van der Waals surface area contributed by atoms with Crippen molar-refractivity contribution in [3.05, 3.63) is 0 Å². The van der Waals surface area contributed by atoms with Gasteiger partial charge in [-0.1, -0.05) is 20.3 Å². The van der Waals surface area contributed by atoms with Crippen LogP contribution in [0.2, 0.25) is 0 Å². The third-order valence-electron chi connectivity index (χ3n) is 2.47. The molecular formula is C9H19N. The van der Waals surface area contributed by atoms with E-state index < -0.39 is 0 Å². The molecule has 0 bridgehead atoms. The van der Waals surface area contributed by atoms with Crippen LogP contribution in [0.15, 0.2) is 0 Å². The molecule has 1 atom stereocenters. The van der Waals surface area contributed by atoms with Gasteiger partial charge in [0.15, 0.2) is 0 Å². The maximum atomic E-state index is 2.59. The molecule has 1 saturated heterocycles. The van der Waals surface area contributed by atoms with Gasteiger partial charge in [-0.25, -0.2) is 0 Å². The Morgan fingerprint density at radius 2 is 1.90 bits per heavy atom. The molecule has 0 aromatic heterocycles. The lowest BCUT2D eigenvalue weighted by atomic mass is 10.1. The highest BCUT2D eigenvalue weighted by Crippen LogP contribution is 2.11. The maximum Gasteiger partial charge on any atom is 0.000692 e. The smallest absolute Gasteiger partial charge is 0.000692 e. The van der Waals surface area contributed by atoms with Crippen molar-refractivity contribution in [1.29, 1.82) is 0 Å². The first-order valence-electron chi connectivity index (χ1n) is 4.55. The fraction of sp³-hybridized carbons (Fsp3) is 1.00. The average Bonchev–Trinajstić information content (AvgIpc) is 2.40. The maximum absolute atomic E-state index is 2.59. The summed E-state index contributed by atoms with van der Waals surface area (Å²) < 4.78 is 0. The molecule has 0 spiro atoms. The Kier molecular flexibility index (Phi) is 3.20. The quantitative estimate of drug-likeness (QED) is 0.582. The molecule has 0 aromatic carbocycles. The van der Waals surface area contributed by atoms with Gasteiger partial charge in [-0.05, 0) is 31.8 Å². The Bertz CT molecular complexity index is 84.7. The molecule has 0 radical (unpaired) electrons. The molecule has 0 amide bonds. The topological polar surface area (TPSA) is 3.24 Å². The Hall–Kier alpha value is -0.0400. The second kappa shape index (κ2) is 3.97. The Morgan fingerprint density at radius 1 is 1.30 bits per heavy atom. The minimum absolute atomic E-state index is 0.901. The second-order valence-electron chi connectivity index (χ2n) is 3.52. The Morgan fingerprint density at radius 3 is 2.40 bits per heavy atom. The van der Waals surface area contributed by atoms with Crippen molar-refractivity contribution in [3.8, 4) is 0 Å². The van der Waals surface area contributed by atoms with Gasteiger partial charge in [0.25, 0.3) is 0 Å². The van der Waals surface area contributed by atoms with Crippen LogP contribution in [0.4, 0.5) is 0 Å². The standard InChI is InChI=1S/C9H19N/c1-3-9(2)8-10-6-4-5-7-10/h9H,3-8H2,1-2H3. The first kappa shape index (κ1) is 8.06. The normalized spacial score (nSPS) is 23.4. The molecule has 1 aliphatic heterocycles. The van der Waals surface area contributed by atoms with Crippen LogP contribution in [0, 0.1) is 5.92 Å². The van der Waals surface area contributed by atoms with Gasteiger partial charge >= 0.3 is 0 Å². The van der Waals surface area contributed by atoms with Crippen LogP contribution in [-0.2, 0) is 0 Å². The van der Waals surface area contributed by atoms with Gasteiger partial charge in [-0.15, -0.1) is 0 Å². The zero-order valence-corrected chi connectivity index (χ0v) is 7.27. The lowest BCUT2D eigenvalue weighted by molar-refractivity contribution is 0.284. The summed E-state index contributed by atoms with van der Waals surface area (Å²) in [6, 6.07) is 0. The van der Waals surface area contributed by atoms with E-state index in [1.807, 2.05) is 0 Å². The van der Waals surface area contributed by atoms with Crippen LogP contribution in [0.1, 0.15) is 33.1 Å². The molecule has 1 fully saturated rings. The first-order chi connectivity index (χ1) is 4.83. The Balaban J connectivity index is 2.11. The van der Waals surface area contributed by atoms with E-state index in [4.69, 9.17) is 0 Å². The third kappa shape index (κ3) is 2.30. The molecule has 1 aliphatic rings. The van der Waals surface area contributed by atoms with Crippen LogP contribution < -0.4 is 0 Å². The molecule has 0 N–H and O–H groups in total. The third-order valence-corrected chi connectivity index (χ3v) is 2.47. The highest BCUT2D eigenvalue weighted by molar-refractivity contribution is 4.67. The van der Waals surface area contributed by atoms with Crippen molar-refractivity contribution in [2.45, 2.75) is 33.1 Å². The number of rotatable bonds is 3. The van der Waals surface area contributed by atoms with E-state index in [0.29, 0.717) is 0 Å². The van der Waals surface area contributed by atoms with Crippen LogP contribution in [0.25, 0.3) is 0 Å². The van der Waals surface area contributed by atoms with E-state index in [0.717, 1.165) is 5.92 Å². The molecule has 0 saturated carbocycles. The SMILES string of the molecule is CCC(C)CN1CCCC1. The molecule has 0 aliphatic carbocycles. The van der Waals surface area contributed by atoms with E-state index in [9.17, 15) is 0 Å². The van der Waals surface area contributed by atoms with Crippen LogP contribution in [0.5, 0.6) is 0 Å². The summed E-state index contributed by atoms with van der Waals surface area (Å²) in [5.41, 5.74) is 0. The van der Waals surface area contributed by atoms with Crippen molar-refractivity contribution in [2.75, 3.05) is 19.6 Å². The highest BCUT2D eigenvalue weighted by Gasteiger charge is 2.12. The first-order valence-corrected chi connectivity index (χ1v) is 4.55. The molecule has 1 nitrogen and oxygen atoms in total. The van der Waals surface area contributed by atoms with Gasteiger partial charge in [0.1, 0.15) is 0 Å². The largest absolute Gasteiger partial charge is 0.303 e. The number of hydrogen-bond acceptors (Lipinski definition) is 1. The fourth-order valence-electron chi connectivity index (χ4n) is 1.54. The van der Waals surface area contributed by atoms with Crippen LogP contribution in [-0.4, -0.2) is 24.5 Å². The summed E-state index contributed by atoms with van der Waals surface area (Å²) in [6.07, 6.45) is 4.18. The molecule has 60 valence electrons. The van der Waals surface area contributed by atoms with Gasteiger partial charge in [0.2, 0.25) is 0 Å². The van der Waals surface area contributed by atoms with Gasteiger partial charge in [0, 0.05) is 6.54 Å².